The smallest absolute Gasteiger partial charge is 0.493 e. The molecule has 3 rings (SSSR count). The highest BCUT2D eigenvalue weighted by atomic mass is 79.9. The molecule has 0 aliphatic carbocycles. The Bertz CT molecular complexity index is 929. The summed E-state index contributed by atoms with van der Waals surface area (Å²) in [5.41, 5.74) is 2.30. The van der Waals surface area contributed by atoms with Gasteiger partial charge in [0.05, 0.1) is 39.6 Å². The molecule has 32 heavy (non-hydrogen) atoms. The van der Waals surface area contributed by atoms with Crippen LogP contribution >= 0.6 is 15.9 Å². The minimum absolute atomic E-state index is 0.348. The fourth-order valence-corrected chi connectivity index (χ4v) is 3.96. The van der Waals surface area contributed by atoms with Crippen LogP contribution in [-0.4, -0.2) is 46.8 Å². The molecule has 1 heterocycles. The average molecular weight is 509 g/mol. The highest BCUT2D eigenvalue weighted by molar-refractivity contribution is 9.10. The van der Waals surface area contributed by atoms with Gasteiger partial charge < -0.3 is 28.3 Å². The van der Waals surface area contributed by atoms with Crippen molar-refractivity contribution in [1.82, 2.24) is 0 Å². The van der Waals surface area contributed by atoms with Gasteiger partial charge in [0, 0.05) is 4.47 Å². The Morgan fingerprint density at radius 2 is 1.12 bits per heavy atom. The van der Waals surface area contributed by atoms with Crippen LogP contribution in [0.2, 0.25) is 0 Å². The maximum atomic E-state index is 6.06. The molecule has 0 spiro atoms. The van der Waals surface area contributed by atoms with Gasteiger partial charge in [-0.15, -0.1) is 0 Å². The first-order valence-corrected chi connectivity index (χ1v) is 11.2. The Hall–Kier alpha value is -1.90. The van der Waals surface area contributed by atoms with Crippen molar-refractivity contribution in [3.63, 3.8) is 0 Å². The summed E-state index contributed by atoms with van der Waals surface area (Å²) < 4.78 is 34.2. The zero-order valence-corrected chi connectivity index (χ0v) is 22.3. The van der Waals surface area contributed by atoms with Crippen molar-refractivity contribution in [1.29, 1.82) is 0 Å². The average Bonchev–Trinajstić information content (AvgIpc) is 2.94. The number of methoxy groups -OCH3 is 4. The fraction of sp³-hybridized carbons (Fsp3) is 0.500. The van der Waals surface area contributed by atoms with Crippen LogP contribution in [0.1, 0.15) is 38.8 Å². The van der Waals surface area contributed by atoms with E-state index in [0.29, 0.717) is 5.75 Å². The summed E-state index contributed by atoms with van der Waals surface area (Å²) in [5.74, 6) is 2.98. The van der Waals surface area contributed by atoms with Crippen LogP contribution in [-0.2, 0) is 9.31 Å². The Labute approximate surface area is 200 Å². The maximum Gasteiger partial charge on any atom is 0.494 e. The van der Waals surface area contributed by atoms with Crippen molar-refractivity contribution in [2.24, 2.45) is 0 Å². The molecule has 0 amide bonds. The molecule has 0 radical (unpaired) electrons. The van der Waals surface area contributed by atoms with Crippen molar-refractivity contribution in [3.8, 4) is 23.0 Å². The molecule has 0 saturated carbocycles. The molecule has 0 aromatic heterocycles. The lowest BCUT2D eigenvalue weighted by molar-refractivity contribution is 0.00578. The maximum absolute atomic E-state index is 6.06. The molecular weight excluding hydrogens is 475 g/mol. The number of hydrogen-bond donors (Lipinski definition) is 0. The Balaban J connectivity index is 0.000000258. The molecular formula is C24H34BBrO6. The second kappa shape index (κ2) is 10.4. The summed E-state index contributed by atoms with van der Waals surface area (Å²) in [6.07, 6.45) is 0. The van der Waals surface area contributed by atoms with Gasteiger partial charge in [-0.05, 0) is 76.3 Å². The van der Waals surface area contributed by atoms with Crippen molar-refractivity contribution >= 4 is 28.5 Å². The minimum atomic E-state index is -0.390. The molecule has 0 unspecified atom stereocenters. The summed E-state index contributed by atoms with van der Waals surface area (Å²) in [5, 5.41) is 0. The van der Waals surface area contributed by atoms with Gasteiger partial charge in [-0.3, -0.25) is 0 Å². The van der Waals surface area contributed by atoms with Crippen molar-refractivity contribution in [2.75, 3.05) is 28.4 Å². The molecule has 0 N–H and O–H groups in total. The fourth-order valence-electron chi connectivity index (χ4n) is 3.41. The number of halogens is 1. The van der Waals surface area contributed by atoms with Crippen LogP contribution in [0, 0.1) is 13.8 Å². The van der Waals surface area contributed by atoms with Gasteiger partial charge in [0.15, 0.2) is 23.0 Å². The predicted octanol–water partition coefficient (Wildman–Crippen LogP) is 5.09. The van der Waals surface area contributed by atoms with E-state index in [1.165, 1.54) is 0 Å². The number of benzene rings is 2. The van der Waals surface area contributed by atoms with E-state index in [0.717, 1.165) is 38.3 Å². The Kier molecular flexibility index (Phi) is 8.53. The lowest BCUT2D eigenvalue weighted by Gasteiger charge is -2.32. The molecule has 2 aromatic rings. The number of rotatable bonds is 5. The van der Waals surface area contributed by atoms with E-state index in [1.807, 2.05) is 65.8 Å². The van der Waals surface area contributed by atoms with Crippen molar-refractivity contribution in [2.45, 2.75) is 52.7 Å². The molecule has 2 aromatic carbocycles. The number of hydrogen-bond acceptors (Lipinski definition) is 6. The first kappa shape index (κ1) is 26.4. The first-order valence-electron chi connectivity index (χ1n) is 10.4. The summed E-state index contributed by atoms with van der Waals surface area (Å²) in [7, 11) is 6.14. The Morgan fingerprint density at radius 1 is 0.688 bits per heavy atom. The van der Waals surface area contributed by atoms with Crippen molar-refractivity contribution < 1.29 is 28.3 Å². The standard InChI is InChI=1S/C15H23BO4.C9H11BrO2/c1-10-8-11(9-12(17-6)13(10)18-7)16-19-14(2,3)15(4,5)20-16;1-6-4-7(10)5-8(11-2)9(6)12-3/h8-9H,1-7H3;4-5H,1-3H3. The highest BCUT2D eigenvalue weighted by Gasteiger charge is 2.51. The predicted molar refractivity (Wildman–Crippen MR) is 132 cm³/mol. The molecule has 1 aliphatic rings. The topological polar surface area (TPSA) is 55.4 Å². The van der Waals surface area contributed by atoms with E-state index in [-0.39, 0.29) is 11.2 Å². The quantitative estimate of drug-likeness (QED) is 0.524. The van der Waals surface area contributed by atoms with Crippen LogP contribution in [0.3, 0.4) is 0 Å². The first-order chi connectivity index (χ1) is 14.9. The molecule has 6 nitrogen and oxygen atoms in total. The van der Waals surface area contributed by atoms with Gasteiger partial charge in [-0.2, -0.15) is 0 Å². The number of ether oxygens (including phenoxy) is 4. The molecule has 176 valence electrons. The summed E-state index contributed by atoms with van der Waals surface area (Å²) in [6.45, 7) is 12.1. The second-order valence-electron chi connectivity index (χ2n) is 8.62. The van der Waals surface area contributed by atoms with Crippen LogP contribution in [0.4, 0.5) is 0 Å². The monoisotopic (exact) mass is 508 g/mol. The van der Waals surface area contributed by atoms with E-state index in [2.05, 4.69) is 15.9 Å². The number of aryl methyl sites for hydroxylation is 2. The third-order valence-electron chi connectivity index (χ3n) is 5.84. The normalized spacial score (nSPS) is 16.2. The summed E-state index contributed by atoms with van der Waals surface area (Å²) >= 11 is 3.38. The summed E-state index contributed by atoms with van der Waals surface area (Å²) in [4.78, 5) is 0. The van der Waals surface area contributed by atoms with Crippen LogP contribution in [0.5, 0.6) is 23.0 Å². The van der Waals surface area contributed by atoms with Crippen molar-refractivity contribution in [3.05, 3.63) is 39.9 Å². The van der Waals surface area contributed by atoms with E-state index >= 15 is 0 Å². The van der Waals surface area contributed by atoms with Gasteiger partial charge in [0.2, 0.25) is 0 Å². The van der Waals surface area contributed by atoms with E-state index in [9.17, 15) is 0 Å². The third-order valence-corrected chi connectivity index (χ3v) is 6.30. The van der Waals surface area contributed by atoms with E-state index in [1.54, 1.807) is 28.4 Å². The van der Waals surface area contributed by atoms with Crippen LogP contribution < -0.4 is 24.4 Å². The van der Waals surface area contributed by atoms with Gasteiger partial charge in [0.25, 0.3) is 0 Å². The zero-order valence-electron chi connectivity index (χ0n) is 20.7. The molecule has 0 bridgehead atoms. The SMILES string of the molecule is COc1cc(B2OC(C)(C)C(C)(C)O2)cc(C)c1OC.COc1cc(Br)cc(C)c1OC. The highest BCUT2D eigenvalue weighted by Crippen LogP contribution is 2.38. The molecule has 1 aliphatic heterocycles. The Morgan fingerprint density at radius 3 is 1.56 bits per heavy atom. The minimum Gasteiger partial charge on any atom is -0.493 e. The molecule has 0 atom stereocenters. The van der Waals surface area contributed by atoms with Crippen LogP contribution in [0.15, 0.2) is 28.7 Å². The van der Waals surface area contributed by atoms with Gasteiger partial charge >= 0.3 is 7.12 Å². The van der Waals surface area contributed by atoms with Gasteiger partial charge in [-0.25, -0.2) is 0 Å². The lowest BCUT2D eigenvalue weighted by atomic mass is 9.78. The largest absolute Gasteiger partial charge is 0.494 e. The summed E-state index contributed by atoms with van der Waals surface area (Å²) in [6, 6.07) is 7.80. The molecule has 8 heteroatoms. The molecule has 1 saturated heterocycles. The lowest BCUT2D eigenvalue weighted by Crippen LogP contribution is -2.41. The van der Waals surface area contributed by atoms with Gasteiger partial charge in [-0.1, -0.05) is 22.0 Å². The third kappa shape index (κ3) is 5.53. The van der Waals surface area contributed by atoms with Gasteiger partial charge in [0.1, 0.15) is 0 Å². The van der Waals surface area contributed by atoms with E-state index in [4.69, 9.17) is 28.3 Å². The van der Waals surface area contributed by atoms with E-state index < -0.39 is 7.12 Å². The van der Waals surface area contributed by atoms with Crippen LogP contribution in [0.25, 0.3) is 0 Å². The molecule has 1 fully saturated rings. The second-order valence-corrected chi connectivity index (χ2v) is 9.54. The zero-order chi connectivity index (χ0) is 24.3.